The highest BCUT2D eigenvalue weighted by Gasteiger charge is 2.70. The van der Waals surface area contributed by atoms with Crippen molar-refractivity contribution in [1.29, 1.82) is 0 Å². The number of fused-ring (bicyclic) bond motifs is 2. The Morgan fingerprint density at radius 2 is 2.18 bits per heavy atom. The summed E-state index contributed by atoms with van der Waals surface area (Å²) in [4.78, 5) is 30.8. The molecule has 3 N–H and O–H groups in total. The van der Waals surface area contributed by atoms with Crippen molar-refractivity contribution in [3.05, 3.63) is 45.5 Å². The summed E-state index contributed by atoms with van der Waals surface area (Å²) >= 11 is 7.65. The summed E-state index contributed by atoms with van der Waals surface area (Å²) < 4.78 is 13.8. The lowest BCUT2D eigenvalue weighted by Gasteiger charge is -2.26. The van der Waals surface area contributed by atoms with Gasteiger partial charge in [0.1, 0.15) is 27.1 Å². The molecule has 34 heavy (non-hydrogen) atoms. The minimum Gasteiger partial charge on any atom is -0.465 e. The van der Waals surface area contributed by atoms with Gasteiger partial charge in [0, 0.05) is 47.9 Å². The quantitative estimate of drug-likeness (QED) is 0.356. The number of hydrogen-bond donors (Lipinski definition) is 3. The number of rotatable bonds is 5. The van der Waals surface area contributed by atoms with Crippen LogP contribution in [0.1, 0.15) is 10.7 Å². The predicted octanol–water partition coefficient (Wildman–Crippen LogP) is 3.24. The molecule has 1 amide bonds. The summed E-state index contributed by atoms with van der Waals surface area (Å²) in [6.45, 7) is 3.72. The number of aromatic nitrogens is 6. The molecule has 0 bridgehead atoms. The smallest absolute Gasteiger partial charge is 0.404 e. The normalized spacial score (nSPS) is 23.3. The summed E-state index contributed by atoms with van der Waals surface area (Å²) in [7, 11) is 0. The molecule has 1 saturated carbocycles. The molecule has 1 saturated heterocycles. The second-order valence-electron chi connectivity index (χ2n) is 8.57. The fourth-order valence-electron chi connectivity index (χ4n) is 5.10. The molecule has 0 aromatic carbocycles. The van der Waals surface area contributed by atoms with Gasteiger partial charge in [-0.2, -0.15) is 9.49 Å². The Morgan fingerprint density at radius 3 is 2.88 bits per heavy atom. The van der Waals surface area contributed by atoms with Crippen LogP contribution in [0.4, 0.5) is 15.0 Å². The van der Waals surface area contributed by atoms with Gasteiger partial charge in [-0.15, -0.1) is 11.3 Å². The lowest BCUT2D eigenvalue weighted by Crippen LogP contribution is -2.39. The molecule has 6 rings (SSSR count). The van der Waals surface area contributed by atoms with Crippen molar-refractivity contribution in [2.75, 3.05) is 24.5 Å². The molecular weight excluding hydrogens is 483 g/mol. The molecule has 1 unspecified atom stereocenters. The minimum atomic E-state index is -1.03. The molecule has 1 aliphatic carbocycles. The van der Waals surface area contributed by atoms with E-state index in [2.05, 4.69) is 40.3 Å². The average Bonchev–Trinajstić information content (AvgIpc) is 3.31. The predicted molar refractivity (Wildman–Crippen MR) is 124 cm³/mol. The van der Waals surface area contributed by atoms with Crippen LogP contribution in [-0.2, 0) is 5.41 Å². The van der Waals surface area contributed by atoms with Crippen LogP contribution in [0.2, 0.25) is 5.02 Å². The van der Waals surface area contributed by atoms with Gasteiger partial charge in [0.15, 0.2) is 5.65 Å². The van der Waals surface area contributed by atoms with E-state index in [9.17, 15) is 9.18 Å². The maximum absolute atomic E-state index is 13.8. The Morgan fingerprint density at radius 1 is 1.38 bits per heavy atom. The Bertz CT molecular complexity index is 1430. The summed E-state index contributed by atoms with van der Waals surface area (Å²) in [5.74, 6) is 0.446. The summed E-state index contributed by atoms with van der Waals surface area (Å²) in [5.41, 5.74) is 2.41. The maximum Gasteiger partial charge on any atom is 0.404 e. The van der Waals surface area contributed by atoms with Crippen LogP contribution in [0.15, 0.2) is 23.8 Å². The Kier molecular flexibility index (Phi) is 4.71. The standard InChI is InChI=1S/C21H18ClFN8O2S/c1-9-7-34-19(27-9)21(8-26-20(32)33)11-5-31(6-12(11)21)13-4-25-16-15(29-30-18(16)28-13)10-2-3-24-17(23)14(10)22/h2-4,7,11-12,26H,5-6,8H2,1H3,(H,32,33)(H,28,29,30)/t11-,12+,21?. The fourth-order valence-corrected chi connectivity index (χ4v) is 6.43. The van der Waals surface area contributed by atoms with E-state index in [1.807, 2.05) is 12.3 Å². The molecule has 13 heteroatoms. The summed E-state index contributed by atoms with van der Waals surface area (Å²) in [5, 5.41) is 21.7. The third-order valence-electron chi connectivity index (χ3n) is 6.77. The molecule has 5 heterocycles. The number of hydrogen-bond acceptors (Lipinski definition) is 8. The van der Waals surface area contributed by atoms with Gasteiger partial charge in [-0.1, -0.05) is 11.6 Å². The first-order valence-electron chi connectivity index (χ1n) is 10.5. The van der Waals surface area contributed by atoms with Crippen LogP contribution in [0.3, 0.4) is 0 Å². The first-order valence-corrected chi connectivity index (χ1v) is 11.8. The van der Waals surface area contributed by atoms with Crippen LogP contribution >= 0.6 is 22.9 Å². The number of anilines is 1. The van der Waals surface area contributed by atoms with E-state index in [0.717, 1.165) is 10.7 Å². The summed E-state index contributed by atoms with van der Waals surface area (Å²) in [6, 6.07) is 1.58. The van der Waals surface area contributed by atoms with Crippen molar-refractivity contribution in [3.63, 3.8) is 0 Å². The van der Waals surface area contributed by atoms with E-state index in [4.69, 9.17) is 16.7 Å². The van der Waals surface area contributed by atoms with Crippen molar-refractivity contribution < 1.29 is 14.3 Å². The number of piperidine rings is 1. The molecule has 0 spiro atoms. The SMILES string of the molecule is Cc1csc(C2(CNC(=O)O)[C@@H]3CN(c4cnc5c(-c6ccnc(F)c6Cl)n[nH]c5n4)C[C@@H]32)n1. The van der Waals surface area contributed by atoms with Crippen LogP contribution in [0.5, 0.6) is 0 Å². The molecule has 3 atom stereocenters. The topological polar surface area (TPSA) is 133 Å². The number of carboxylic acid groups (broad SMARTS) is 1. The third kappa shape index (κ3) is 3.12. The third-order valence-corrected chi connectivity index (χ3v) is 8.28. The van der Waals surface area contributed by atoms with Crippen molar-refractivity contribution in [1.82, 2.24) is 35.5 Å². The van der Waals surface area contributed by atoms with Crippen LogP contribution < -0.4 is 10.2 Å². The summed E-state index contributed by atoms with van der Waals surface area (Å²) in [6.07, 6.45) is 1.96. The zero-order valence-corrected chi connectivity index (χ0v) is 19.4. The second-order valence-corrected chi connectivity index (χ2v) is 9.81. The van der Waals surface area contributed by atoms with Gasteiger partial charge >= 0.3 is 6.09 Å². The maximum atomic E-state index is 13.8. The number of pyridine rings is 1. The van der Waals surface area contributed by atoms with Crippen LogP contribution in [0, 0.1) is 24.7 Å². The van der Waals surface area contributed by atoms with Crippen molar-refractivity contribution in [3.8, 4) is 11.3 Å². The van der Waals surface area contributed by atoms with Gasteiger partial charge in [-0.05, 0) is 24.8 Å². The van der Waals surface area contributed by atoms with Crippen molar-refractivity contribution in [2.24, 2.45) is 11.8 Å². The highest BCUT2D eigenvalue weighted by atomic mass is 35.5. The van der Waals surface area contributed by atoms with Gasteiger partial charge in [0.25, 0.3) is 0 Å². The zero-order chi connectivity index (χ0) is 23.6. The lowest BCUT2D eigenvalue weighted by atomic mass is 10.0. The number of carbonyl (C=O) groups is 1. The van der Waals surface area contributed by atoms with E-state index in [0.29, 0.717) is 47.9 Å². The Balaban J connectivity index is 1.26. The molecule has 4 aromatic heterocycles. The first-order chi connectivity index (χ1) is 16.4. The van der Waals surface area contributed by atoms with Crippen molar-refractivity contribution in [2.45, 2.75) is 12.3 Å². The number of nitrogens with one attached hydrogen (secondary N) is 2. The van der Waals surface area contributed by atoms with Gasteiger partial charge in [0.05, 0.1) is 6.20 Å². The van der Waals surface area contributed by atoms with E-state index in [1.54, 1.807) is 23.6 Å². The Labute approximate surface area is 201 Å². The molecule has 4 aromatic rings. The van der Waals surface area contributed by atoms with E-state index < -0.39 is 12.0 Å². The highest BCUT2D eigenvalue weighted by molar-refractivity contribution is 7.09. The molecule has 174 valence electrons. The number of aromatic amines is 1. The lowest BCUT2D eigenvalue weighted by molar-refractivity contribution is 0.192. The number of nitrogens with zero attached hydrogens (tertiary/aromatic N) is 6. The Hall–Kier alpha value is -3.38. The number of aryl methyl sites for hydroxylation is 1. The monoisotopic (exact) mass is 500 g/mol. The molecule has 1 aliphatic heterocycles. The number of thiazole rings is 1. The zero-order valence-electron chi connectivity index (χ0n) is 17.8. The number of amides is 1. The van der Waals surface area contributed by atoms with Crippen LogP contribution in [0.25, 0.3) is 22.4 Å². The molecule has 0 radical (unpaired) electrons. The molecule has 2 fully saturated rings. The van der Waals surface area contributed by atoms with E-state index in [-0.39, 0.29) is 22.3 Å². The molecule has 10 nitrogen and oxygen atoms in total. The fraction of sp³-hybridized carbons (Fsp3) is 0.333. The van der Waals surface area contributed by atoms with Gasteiger partial charge in [0.2, 0.25) is 5.95 Å². The molecule has 2 aliphatic rings. The number of H-pyrrole nitrogens is 1. The number of halogens is 2. The van der Waals surface area contributed by atoms with Gasteiger partial charge < -0.3 is 15.3 Å². The van der Waals surface area contributed by atoms with Gasteiger partial charge in [-0.3, -0.25) is 5.10 Å². The van der Waals surface area contributed by atoms with E-state index in [1.165, 1.54) is 6.20 Å². The highest BCUT2D eigenvalue weighted by Crippen LogP contribution is 2.64. The van der Waals surface area contributed by atoms with E-state index >= 15 is 0 Å². The largest absolute Gasteiger partial charge is 0.465 e. The van der Waals surface area contributed by atoms with Crippen molar-refractivity contribution >= 4 is 46.0 Å². The molecular formula is C21H18ClFN8O2S. The minimum absolute atomic E-state index is 0.120. The first kappa shape index (κ1) is 21.2. The average molecular weight is 501 g/mol. The van der Waals surface area contributed by atoms with Gasteiger partial charge in [-0.25, -0.2) is 24.7 Å². The second kappa shape index (κ2) is 7.57. The van der Waals surface area contributed by atoms with Crippen LogP contribution in [-0.4, -0.2) is 61.0 Å².